The fraction of sp³-hybridized carbons (Fsp3) is 0.188. The van der Waals surface area contributed by atoms with Crippen molar-refractivity contribution in [2.24, 2.45) is 0 Å². The van der Waals surface area contributed by atoms with Crippen LogP contribution in [0.15, 0.2) is 47.4 Å². The third-order valence-electron chi connectivity index (χ3n) is 3.42. The monoisotopic (exact) mass is 379 g/mol. The lowest BCUT2D eigenvalue weighted by Gasteiger charge is -2.13. The molecule has 0 saturated heterocycles. The van der Waals surface area contributed by atoms with Gasteiger partial charge in [-0.05, 0) is 24.3 Å². The molecule has 0 aliphatic heterocycles. The number of ether oxygens (including phenoxy) is 1. The number of carbonyl (C=O) groups is 1. The zero-order valence-electron chi connectivity index (χ0n) is 14.3. The Bertz CT molecular complexity index is 956. The van der Waals surface area contributed by atoms with Crippen LogP contribution in [0.25, 0.3) is 0 Å². The highest BCUT2D eigenvalue weighted by Crippen LogP contribution is 2.29. The number of rotatable bonds is 6. The highest BCUT2D eigenvalue weighted by molar-refractivity contribution is 7.92. The van der Waals surface area contributed by atoms with Crippen LogP contribution in [0, 0.1) is 10.1 Å². The van der Waals surface area contributed by atoms with Crippen molar-refractivity contribution in [1.82, 2.24) is 4.90 Å². The molecule has 2 aromatic carbocycles. The fourth-order valence-electron chi connectivity index (χ4n) is 2.18. The Balaban J connectivity index is 2.39. The molecule has 0 aliphatic rings. The molecule has 0 aliphatic carbocycles. The summed E-state index contributed by atoms with van der Waals surface area (Å²) in [6.45, 7) is 0. The van der Waals surface area contributed by atoms with Crippen molar-refractivity contribution in [3.05, 3.63) is 58.1 Å². The number of nitrogens with one attached hydrogen (secondary N) is 1. The van der Waals surface area contributed by atoms with E-state index < -0.39 is 14.9 Å². The summed E-state index contributed by atoms with van der Waals surface area (Å²) in [6, 6.07) is 9.19. The number of benzene rings is 2. The molecule has 0 spiro atoms. The van der Waals surface area contributed by atoms with E-state index in [9.17, 15) is 23.3 Å². The summed E-state index contributed by atoms with van der Waals surface area (Å²) in [4.78, 5) is 23.3. The SMILES string of the molecule is COc1cc([N+](=O)[O-])ccc1S(=O)(=O)Nc1cccc(C(=O)N(C)C)c1. The number of hydrogen-bond acceptors (Lipinski definition) is 6. The molecule has 1 N–H and O–H groups in total. The average molecular weight is 379 g/mol. The van der Waals surface area contributed by atoms with Crippen LogP contribution in [0.1, 0.15) is 10.4 Å². The molecule has 10 heteroatoms. The number of anilines is 1. The molecule has 0 radical (unpaired) electrons. The maximum Gasteiger partial charge on any atom is 0.273 e. The first-order valence-electron chi connectivity index (χ1n) is 7.32. The number of nitro benzene ring substituents is 1. The second-order valence-electron chi connectivity index (χ2n) is 5.48. The van der Waals surface area contributed by atoms with Gasteiger partial charge >= 0.3 is 0 Å². The molecule has 0 aromatic heterocycles. The number of sulfonamides is 1. The van der Waals surface area contributed by atoms with Gasteiger partial charge in [-0.3, -0.25) is 19.6 Å². The molecule has 0 bridgehead atoms. The smallest absolute Gasteiger partial charge is 0.273 e. The number of hydrogen-bond donors (Lipinski definition) is 1. The standard InChI is InChI=1S/C16H17N3O6S/c1-18(2)16(20)11-5-4-6-12(9-11)17-26(23,24)15-8-7-13(19(21)22)10-14(15)25-3/h4-10,17H,1-3H3. The molecule has 0 saturated carbocycles. The van der Waals surface area contributed by atoms with Gasteiger partial charge in [0.25, 0.3) is 21.6 Å². The zero-order valence-corrected chi connectivity index (χ0v) is 15.1. The van der Waals surface area contributed by atoms with Gasteiger partial charge in [0.2, 0.25) is 0 Å². The lowest BCUT2D eigenvalue weighted by atomic mass is 10.2. The van der Waals surface area contributed by atoms with Crippen LogP contribution < -0.4 is 9.46 Å². The zero-order chi connectivity index (χ0) is 19.5. The lowest BCUT2D eigenvalue weighted by Crippen LogP contribution is -2.22. The van der Waals surface area contributed by atoms with Crippen molar-refractivity contribution in [2.45, 2.75) is 4.90 Å². The summed E-state index contributed by atoms with van der Waals surface area (Å²) in [6.07, 6.45) is 0. The van der Waals surface area contributed by atoms with Crippen molar-refractivity contribution in [1.29, 1.82) is 0 Å². The summed E-state index contributed by atoms with van der Waals surface area (Å²) >= 11 is 0. The van der Waals surface area contributed by atoms with Crippen LogP contribution >= 0.6 is 0 Å². The van der Waals surface area contributed by atoms with Gasteiger partial charge in [0.15, 0.2) is 0 Å². The minimum atomic E-state index is -4.08. The molecular formula is C16H17N3O6S. The Morgan fingerprint density at radius 1 is 1.19 bits per heavy atom. The van der Waals surface area contributed by atoms with Crippen LogP contribution in [-0.4, -0.2) is 45.4 Å². The maximum atomic E-state index is 12.6. The highest BCUT2D eigenvalue weighted by atomic mass is 32.2. The van der Waals surface area contributed by atoms with E-state index in [1.54, 1.807) is 26.2 Å². The first-order valence-corrected chi connectivity index (χ1v) is 8.81. The van der Waals surface area contributed by atoms with E-state index >= 15 is 0 Å². The third kappa shape index (κ3) is 4.09. The van der Waals surface area contributed by atoms with Crippen LogP contribution in [0.2, 0.25) is 0 Å². The van der Waals surface area contributed by atoms with Gasteiger partial charge < -0.3 is 9.64 Å². The highest BCUT2D eigenvalue weighted by Gasteiger charge is 2.23. The summed E-state index contributed by atoms with van der Waals surface area (Å²) in [5.74, 6) is -0.439. The molecule has 9 nitrogen and oxygen atoms in total. The van der Waals surface area contributed by atoms with Crippen LogP contribution in [0.4, 0.5) is 11.4 Å². The van der Waals surface area contributed by atoms with E-state index in [-0.39, 0.29) is 27.9 Å². The van der Waals surface area contributed by atoms with Crippen molar-refractivity contribution < 1.29 is 22.9 Å². The Labute approximate surface area is 150 Å². The predicted molar refractivity (Wildman–Crippen MR) is 94.9 cm³/mol. The topological polar surface area (TPSA) is 119 Å². The van der Waals surface area contributed by atoms with Gasteiger partial charge in [0.05, 0.1) is 18.1 Å². The largest absolute Gasteiger partial charge is 0.495 e. The molecule has 138 valence electrons. The molecule has 2 aromatic rings. The number of nitrogens with zero attached hydrogens (tertiary/aromatic N) is 2. The predicted octanol–water partition coefficient (Wildman–Crippen LogP) is 2.11. The Morgan fingerprint density at radius 2 is 1.88 bits per heavy atom. The molecule has 1 amide bonds. The van der Waals surface area contributed by atoms with Crippen molar-refractivity contribution >= 4 is 27.3 Å². The first-order chi connectivity index (χ1) is 12.2. The fourth-order valence-corrected chi connectivity index (χ4v) is 3.38. The summed E-state index contributed by atoms with van der Waals surface area (Å²) in [5, 5.41) is 10.8. The van der Waals surface area contributed by atoms with Crippen LogP contribution in [-0.2, 0) is 10.0 Å². The van der Waals surface area contributed by atoms with E-state index in [1.807, 2.05) is 0 Å². The minimum Gasteiger partial charge on any atom is -0.495 e. The Morgan fingerprint density at radius 3 is 2.46 bits per heavy atom. The number of nitro groups is 1. The van der Waals surface area contributed by atoms with Gasteiger partial charge in [-0.1, -0.05) is 6.07 Å². The normalized spacial score (nSPS) is 10.9. The molecule has 2 rings (SSSR count). The molecule has 0 atom stereocenters. The summed E-state index contributed by atoms with van der Waals surface area (Å²) in [5.41, 5.74) is 0.198. The number of non-ortho nitro benzene ring substituents is 1. The minimum absolute atomic E-state index is 0.160. The van der Waals surface area contributed by atoms with Gasteiger partial charge in [0.1, 0.15) is 10.6 Å². The summed E-state index contributed by atoms with van der Waals surface area (Å²) in [7, 11) is 0.301. The average Bonchev–Trinajstić information content (AvgIpc) is 2.60. The lowest BCUT2D eigenvalue weighted by molar-refractivity contribution is -0.385. The Kier molecular flexibility index (Phi) is 5.46. The quantitative estimate of drug-likeness (QED) is 0.606. The van der Waals surface area contributed by atoms with E-state index in [0.717, 1.165) is 18.2 Å². The number of amides is 1. The van der Waals surface area contributed by atoms with Crippen LogP contribution in [0.3, 0.4) is 0 Å². The molecule has 0 fully saturated rings. The van der Waals surface area contributed by atoms with Crippen LogP contribution in [0.5, 0.6) is 5.75 Å². The van der Waals surface area contributed by atoms with Gasteiger partial charge in [-0.2, -0.15) is 0 Å². The van der Waals surface area contributed by atoms with E-state index in [0.29, 0.717) is 5.56 Å². The summed E-state index contributed by atoms with van der Waals surface area (Å²) < 4.78 is 32.6. The van der Waals surface area contributed by atoms with Gasteiger partial charge in [-0.25, -0.2) is 8.42 Å². The van der Waals surface area contributed by atoms with Gasteiger partial charge in [-0.15, -0.1) is 0 Å². The maximum absolute atomic E-state index is 12.6. The van der Waals surface area contributed by atoms with Crippen molar-refractivity contribution in [3.8, 4) is 5.75 Å². The number of carbonyl (C=O) groups excluding carboxylic acids is 1. The second kappa shape index (κ2) is 7.40. The van der Waals surface area contributed by atoms with E-state index in [1.165, 1.54) is 24.1 Å². The van der Waals surface area contributed by atoms with Gasteiger partial charge in [0, 0.05) is 31.4 Å². The molecule has 0 heterocycles. The molecule has 0 unspecified atom stereocenters. The number of methoxy groups -OCH3 is 1. The third-order valence-corrected chi connectivity index (χ3v) is 4.84. The van der Waals surface area contributed by atoms with E-state index in [2.05, 4.69) is 4.72 Å². The Hall–Kier alpha value is -3.14. The van der Waals surface area contributed by atoms with E-state index in [4.69, 9.17) is 4.74 Å². The second-order valence-corrected chi connectivity index (χ2v) is 7.13. The molecule has 26 heavy (non-hydrogen) atoms. The van der Waals surface area contributed by atoms with Crippen molar-refractivity contribution in [3.63, 3.8) is 0 Å². The van der Waals surface area contributed by atoms with Crippen molar-refractivity contribution in [2.75, 3.05) is 25.9 Å². The molecular weight excluding hydrogens is 362 g/mol. The first kappa shape index (κ1) is 19.2.